The van der Waals surface area contributed by atoms with E-state index in [4.69, 9.17) is 4.98 Å². The topological polar surface area (TPSA) is 83.2 Å². The Hall–Kier alpha value is -2.58. The molecule has 0 amide bonds. The van der Waals surface area contributed by atoms with Crippen LogP contribution in [0, 0.1) is 0 Å². The summed E-state index contributed by atoms with van der Waals surface area (Å²) in [6.07, 6.45) is 4.85. The minimum atomic E-state index is -0.418. The van der Waals surface area contributed by atoms with Crippen LogP contribution in [0.1, 0.15) is 0 Å². The third-order valence-electron chi connectivity index (χ3n) is 4.71. The van der Waals surface area contributed by atoms with Gasteiger partial charge >= 0.3 is 0 Å². The zero-order valence-electron chi connectivity index (χ0n) is 14.5. The minimum Gasteiger partial charge on any atom is -0.390 e. The number of likely N-dealkylation sites (N-methyl/N-ethyl adjacent to an activating group) is 1. The molecule has 1 aliphatic heterocycles. The van der Waals surface area contributed by atoms with Crippen molar-refractivity contribution >= 4 is 16.9 Å². The molecule has 1 aliphatic rings. The fourth-order valence-corrected chi connectivity index (χ4v) is 3.32. The summed E-state index contributed by atoms with van der Waals surface area (Å²) >= 11 is 0. The third kappa shape index (κ3) is 2.73. The summed E-state index contributed by atoms with van der Waals surface area (Å²) in [7, 11) is 5.84. The van der Waals surface area contributed by atoms with Crippen LogP contribution in [-0.4, -0.2) is 74.1 Å². The van der Waals surface area contributed by atoms with Gasteiger partial charge in [-0.25, -0.2) is 9.97 Å². The fourth-order valence-electron chi connectivity index (χ4n) is 3.32. The maximum atomic E-state index is 10.4. The monoisotopic (exact) mass is 339 g/mol. The van der Waals surface area contributed by atoms with E-state index in [1.807, 2.05) is 38.2 Å². The molecule has 3 aromatic rings. The van der Waals surface area contributed by atoms with E-state index in [2.05, 4.69) is 20.0 Å². The molecule has 0 saturated carbocycles. The van der Waals surface area contributed by atoms with Gasteiger partial charge in [0.15, 0.2) is 11.5 Å². The van der Waals surface area contributed by atoms with Crippen molar-refractivity contribution in [2.75, 3.05) is 32.1 Å². The SMILES string of the molecule is CN(C)C1CN(c2nc(-c3cccnc3)nc3c2cnn3C)CC1O. The normalized spacial score (nSPS) is 20.8. The first-order valence-corrected chi connectivity index (χ1v) is 8.24. The number of hydrogen-bond acceptors (Lipinski definition) is 7. The molecule has 0 bridgehead atoms. The molecule has 1 saturated heterocycles. The van der Waals surface area contributed by atoms with E-state index in [0.717, 1.165) is 22.4 Å². The largest absolute Gasteiger partial charge is 0.390 e. The number of aliphatic hydroxyl groups is 1. The summed E-state index contributed by atoms with van der Waals surface area (Å²) in [5.74, 6) is 1.42. The molecule has 8 heteroatoms. The number of hydrogen-bond donors (Lipinski definition) is 1. The molecule has 2 unspecified atom stereocenters. The first-order chi connectivity index (χ1) is 12.0. The Morgan fingerprint density at radius 1 is 1.20 bits per heavy atom. The van der Waals surface area contributed by atoms with Crippen molar-refractivity contribution in [1.82, 2.24) is 29.6 Å². The highest BCUT2D eigenvalue weighted by molar-refractivity contribution is 5.88. The number of rotatable bonds is 3. The molecule has 0 spiro atoms. The van der Waals surface area contributed by atoms with Gasteiger partial charge in [-0.15, -0.1) is 0 Å². The summed E-state index contributed by atoms with van der Waals surface area (Å²) in [5, 5.41) is 15.6. The van der Waals surface area contributed by atoms with E-state index >= 15 is 0 Å². The Labute approximate surface area is 145 Å². The zero-order chi connectivity index (χ0) is 17.6. The summed E-state index contributed by atoms with van der Waals surface area (Å²) in [5.41, 5.74) is 1.63. The van der Waals surface area contributed by atoms with Gasteiger partial charge in [-0.2, -0.15) is 5.10 Å². The van der Waals surface area contributed by atoms with E-state index in [0.29, 0.717) is 18.9 Å². The third-order valence-corrected chi connectivity index (χ3v) is 4.71. The van der Waals surface area contributed by atoms with Crippen LogP contribution in [0.5, 0.6) is 0 Å². The van der Waals surface area contributed by atoms with Crippen molar-refractivity contribution in [3.05, 3.63) is 30.7 Å². The number of aliphatic hydroxyl groups excluding tert-OH is 1. The maximum Gasteiger partial charge on any atom is 0.165 e. The van der Waals surface area contributed by atoms with Crippen molar-refractivity contribution < 1.29 is 5.11 Å². The Kier molecular flexibility index (Phi) is 3.85. The second-order valence-electron chi connectivity index (χ2n) is 6.62. The molecule has 2 atom stereocenters. The van der Waals surface area contributed by atoms with Crippen LogP contribution in [0.4, 0.5) is 5.82 Å². The number of aryl methyl sites for hydroxylation is 1. The van der Waals surface area contributed by atoms with Gasteiger partial charge in [0.05, 0.1) is 23.7 Å². The summed E-state index contributed by atoms with van der Waals surface area (Å²) in [6.45, 7) is 1.25. The highest BCUT2D eigenvalue weighted by Crippen LogP contribution is 2.30. The maximum absolute atomic E-state index is 10.4. The fraction of sp³-hybridized carbons (Fsp3) is 0.412. The second kappa shape index (κ2) is 6.05. The van der Waals surface area contributed by atoms with E-state index in [1.54, 1.807) is 23.3 Å². The van der Waals surface area contributed by atoms with Crippen LogP contribution in [0.2, 0.25) is 0 Å². The van der Waals surface area contributed by atoms with E-state index in [1.165, 1.54) is 0 Å². The highest BCUT2D eigenvalue weighted by Gasteiger charge is 2.34. The van der Waals surface area contributed by atoms with Crippen LogP contribution in [0.3, 0.4) is 0 Å². The Bertz CT molecular complexity index is 893. The van der Waals surface area contributed by atoms with Crippen molar-refractivity contribution in [2.24, 2.45) is 7.05 Å². The van der Waals surface area contributed by atoms with E-state index in [-0.39, 0.29) is 6.04 Å². The number of pyridine rings is 1. The number of nitrogens with zero attached hydrogens (tertiary/aromatic N) is 7. The van der Waals surface area contributed by atoms with Crippen molar-refractivity contribution in [3.63, 3.8) is 0 Å². The summed E-state index contributed by atoms with van der Waals surface area (Å²) in [6, 6.07) is 3.88. The lowest BCUT2D eigenvalue weighted by Crippen LogP contribution is -2.38. The van der Waals surface area contributed by atoms with Gasteiger partial charge in [-0.05, 0) is 26.2 Å². The molecule has 130 valence electrons. The van der Waals surface area contributed by atoms with Gasteiger partial charge in [0.1, 0.15) is 5.82 Å². The lowest BCUT2D eigenvalue weighted by Gasteiger charge is -2.22. The van der Waals surface area contributed by atoms with Gasteiger partial charge < -0.3 is 14.9 Å². The Morgan fingerprint density at radius 3 is 2.72 bits per heavy atom. The number of anilines is 1. The smallest absolute Gasteiger partial charge is 0.165 e. The molecule has 1 fully saturated rings. The second-order valence-corrected chi connectivity index (χ2v) is 6.62. The molecular formula is C17H21N7O. The quantitative estimate of drug-likeness (QED) is 0.745. The van der Waals surface area contributed by atoms with Gasteiger partial charge in [0, 0.05) is 38.1 Å². The van der Waals surface area contributed by atoms with Crippen LogP contribution in [0.25, 0.3) is 22.4 Å². The predicted octanol–water partition coefficient (Wildman–Crippen LogP) is 0.536. The Balaban J connectivity index is 1.83. The molecule has 3 aromatic heterocycles. The molecule has 0 radical (unpaired) electrons. The first-order valence-electron chi connectivity index (χ1n) is 8.24. The van der Waals surface area contributed by atoms with Gasteiger partial charge in [-0.3, -0.25) is 9.67 Å². The Morgan fingerprint density at radius 2 is 2.04 bits per heavy atom. The molecule has 25 heavy (non-hydrogen) atoms. The molecular weight excluding hydrogens is 318 g/mol. The molecule has 0 aromatic carbocycles. The number of β-amino-alcohol motifs (C(OH)–C–C–N with tert-alkyl or cyclic N) is 1. The predicted molar refractivity (Wildman–Crippen MR) is 95.2 cm³/mol. The van der Waals surface area contributed by atoms with Crippen molar-refractivity contribution in [2.45, 2.75) is 12.1 Å². The first kappa shape index (κ1) is 15.9. The van der Waals surface area contributed by atoms with Gasteiger partial charge in [0.2, 0.25) is 0 Å². The lowest BCUT2D eigenvalue weighted by molar-refractivity contribution is 0.114. The van der Waals surface area contributed by atoms with Crippen LogP contribution >= 0.6 is 0 Å². The standard InChI is InChI=1S/C17H21N7O/c1-22(2)13-9-24(10-14(13)25)17-12-8-19-23(3)16(12)20-15(21-17)11-5-4-6-18-7-11/h4-8,13-14,25H,9-10H2,1-3H3. The van der Waals surface area contributed by atoms with Gasteiger partial charge in [0.25, 0.3) is 0 Å². The minimum absolute atomic E-state index is 0.0727. The van der Waals surface area contributed by atoms with Crippen LogP contribution < -0.4 is 4.90 Å². The number of fused-ring (bicyclic) bond motifs is 1. The lowest BCUT2D eigenvalue weighted by atomic mass is 10.2. The van der Waals surface area contributed by atoms with E-state index in [9.17, 15) is 5.11 Å². The molecule has 8 nitrogen and oxygen atoms in total. The summed E-state index contributed by atoms with van der Waals surface area (Å²) < 4.78 is 1.75. The summed E-state index contributed by atoms with van der Waals surface area (Å²) in [4.78, 5) is 17.8. The van der Waals surface area contributed by atoms with Crippen molar-refractivity contribution in [3.8, 4) is 11.4 Å². The highest BCUT2D eigenvalue weighted by atomic mass is 16.3. The average molecular weight is 339 g/mol. The van der Waals surface area contributed by atoms with E-state index < -0.39 is 6.10 Å². The molecule has 4 heterocycles. The van der Waals surface area contributed by atoms with Crippen LogP contribution in [-0.2, 0) is 7.05 Å². The molecule has 1 N–H and O–H groups in total. The van der Waals surface area contributed by atoms with Crippen molar-refractivity contribution in [1.29, 1.82) is 0 Å². The van der Waals surface area contributed by atoms with Gasteiger partial charge in [-0.1, -0.05) is 0 Å². The average Bonchev–Trinajstić information content (AvgIpc) is 3.18. The zero-order valence-corrected chi connectivity index (χ0v) is 14.5. The molecule has 4 rings (SSSR count). The number of aromatic nitrogens is 5. The van der Waals surface area contributed by atoms with Crippen LogP contribution in [0.15, 0.2) is 30.7 Å². The molecule has 0 aliphatic carbocycles.